The summed E-state index contributed by atoms with van der Waals surface area (Å²) in [4.78, 5) is 15.6. The fourth-order valence-electron chi connectivity index (χ4n) is 1.65. The number of hydrogen-bond donors (Lipinski definition) is 1. The van der Waals surface area contributed by atoms with Crippen molar-refractivity contribution in [2.45, 2.75) is 39.3 Å². The minimum absolute atomic E-state index is 0.104. The predicted molar refractivity (Wildman–Crippen MR) is 66.5 cm³/mol. The van der Waals surface area contributed by atoms with Crippen LogP contribution in [0.1, 0.15) is 38.8 Å². The molecule has 1 heterocycles. The van der Waals surface area contributed by atoms with Crippen molar-refractivity contribution in [2.24, 2.45) is 0 Å². The zero-order chi connectivity index (χ0) is 12.7. The highest BCUT2D eigenvalue weighted by Crippen LogP contribution is 2.12. The van der Waals surface area contributed by atoms with Gasteiger partial charge in [0.25, 0.3) is 0 Å². The Morgan fingerprint density at radius 3 is 2.59 bits per heavy atom. The van der Waals surface area contributed by atoms with E-state index in [0.717, 1.165) is 5.56 Å². The van der Waals surface area contributed by atoms with Gasteiger partial charge >= 0.3 is 5.97 Å². The molecule has 0 aliphatic carbocycles. The molecule has 0 amide bonds. The molecular formula is C13H20N2O2. The molecule has 1 aromatic rings. The Kier molecular flexibility index (Phi) is 5.63. The molecule has 2 unspecified atom stereocenters. The second-order valence-electron chi connectivity index (χ2n) is 3.88. The van der Waals surface area contributed by atoms with Gasteiger partial charge in [-0.25, -0.2) is 0 Å². The van der Waals surface area contributed by atoms with Crippen molar-refractivity contribution < 1.29 is 9.53 Å². The highest BCUT2D eigenvalue weighted by molar-refractivity contribution is 5.75. The predicted octanol–water partition coefficient (Wildman–Crippen LogP) is 2.07. The lowest BCUT2D eigenvalue weighted by Gasteiger charge is -2.21. The van der Waals surface area contributed by atoms with Crippen molar-refractivity contribution in [1.29, 1.82) is 0 Å². The summed E-state index contributed by atoms with van der Waals surface area (Å²) in [5.74, 6) is -0.184. The molecule has 94 valence electrons. The molecular weight excluding hydrogens is 216 g/mol. The van der Waals surface area contributed by atoms with Crippen molar-refractivity contribution in [1.82, 2.24) is 10.3 Å². The van der Waals surface area contributed by atoms with E-state index >= 15 is 0 Å². The maximum Gasteiger partial charge on any atom is 0.323 e. The summed E-state index contributed by atoms with van der Waals surface area (Å²) < 4.78 is 5.02. The highest BCUT2D eigenvalue weighted by Gasteiger charge is 2.19. The van der Waals surface area contributed by atoms with Crippen LogP contribution in [0.15, 0.2) is 24.5 Å². The van der Waals surface area contributed by atoms with E-state index in [1.807, 2.05) is 32.9 Å². The monoisotopic (exact) mass is 236 g/mol. The molecule has 0 radical (unpaired) electrons. The molecule has 4 heteroatoms. The minimum atomic E-state index is -0.252. The van der Waals surface area contributed by atoms with Crippen molar-refractivity contribution in [3.05, 3.63) is 30.1 Å². The lowest BCUT2D eigenvalue weighted by Crippen LogP contribution is -2.39. The number of nitrogens with one attached hydrogen (secondary N) is 1. The van der Waals surface area contributed by atoms with E-state index in [2.05, 4.69) is 10.3 Å². The Bertz CT molecular complexity index is 341. The third kappa shape index (κ3) is 4.15. The molecule has 0 aliphatic rings. The molecule has 1 N–H and O–H groups in total. The van der Waals surface area contributed by atoms with Gasteiger partial charge in [0.05, 0.1) is 6.61 Å². The third-order valence-corrected chi connectivity index (χ3v) is 2.64. The molecule has 1 rings (SSSR count). The Morgan fingerprint density at radius 2 is 2.06 bits per heavy atom. The van der Waals surface area contributed by atoms with Crippen LogP contribution in [0.3, 0.4) is 0 Å². The average Bonchev–Trinajstić information content (AvgIpc) is 2.37. The van der Waals surface area contributed by atoms with Gasteiger partial charge in [0.1, 0.15) is 6.04 Å². The van der Waals surface area contributed by atoms with Gasteiger partial charge in [0, 0.05) is 18.4 Å². The molecule has 0 aliphatic heterocycles. The molecule has 1 aromatic heterocycles. The van der Waals surface area contributed by atoms with Crippen LogP contribution in [0.25, 0.3) is 0 Å². The van der Waals surface area contributed by atoms with Gasteiger partial charge in [0.15, 0.2) is 0 Å². The van der Waals surface area contributed by atoms with Crippen molar-refractivity contribution in [3.63, 3.8) is 0 Å². The quantitative estimate of drug-likeness (QED) is 0.768. The van der Waals surface area contributed by atoms with Crippen molar-refractivity contribution in [2.75, 3.05) is 6.61 Å². The molecule has 2 atom stereocenters. The van der Waals surface area contributed by atoms with E-state index in [9.17, 15) is 4.79 Å². The summed E-state index contributed by atoms with van der Waals surface area (Å²) in [6.07, 6.45) is 4.21. The zero-order valence-electron chi connectivity index (χ0n) is 10.6. The van der Waals surface area contributed by atoms with Crippen LogP contribution in [-0.4, -0.2) is 23.6 Å². The highest BCUT2D eigenvalue weighted by atomic mass is 16.5. The number of carbonyl (C=O) groups excluding carboxylic acids is 1. The second-order valence-corrected chi connectivity index (χ2v) is 3.88. The van der Waals surface area contributed by atoms with Crippen LogP contribution in [0.4, 0.5) is 0 Å². The van der Waals surface area contributed by atoms with E-state index in [0.29, 0.717) is 13.0 Å². The van der Waals surface area contributed by atoms with Crippen LogP contribution in [0.2, 0.25) is 0 Å². The van der Waals surface area contributed by atoms with Crippen molar-refractivity contribution >= 4 is 5.97 Å². The Labute approximate surface area is 102 Å². The Hall–Kier alpha value is -1.42. The number of ether oxygens (including phenoxy) is 1. The second kappa shape index (κ2) is 7.01. The summed E-state index contributed by atoms with van der Waals surface area (Å²) in [7, 11) is 0. The number of pyridine rings is 1. The summed E-state index contributed by atoms with van der Waals surface area (Å²) in [6, 6.07) is 3.73. The van der Waals surface area contributed by atoms with Gasteiger partial charge in [-0.2, -0.15) is 0 Å². The topological polar surface area (TPSA) is 51.2 Å². The standard InChI is InChI=1S/C13H20N2O2/c1-4-12(13(16)17-5-2)15-10(3)11-6-8-14-9-7-11/h6-10,12,15H,4-5H2,1-3H3. The number of esters is 1. The SMILES string of the molecule is CCOC(=O)C(CC)NC(C)c1ccncc1. The summed E-state index contributed by atoms with van der Waals surface area (Å²) >= 11 is 0. The lowest BCUT2D eigenvalue weighted by atomic mass is 10.1. The summed E-state index contributed by atoms with van der Waals surface area (Å²) in [5.41, 5.74) is 1.11. The number of aromatic nitrogens is 1. The first-order valence-corrected chi connectivity index (χ1v) is 6.01. The first-order valence-electron chi connectivity index (χ1n) is 6.01. The van der Waals surface area contributed by atoms with Gasteiger partial charge in [-0.3, -0.25) is 15.1 Å². The van der Waals surface area contributed by atoms with E-state index in [-0.39, 0.29) is 18.1 Å². The molecule has 0 saturated carbocycles. The number of hydrogen-bond acceptors (Lipinski definition) is 4. The minimum Gasteiger partial charge on any atom is -0.465 e. The van der Waals surface area contributed by atoms with Crippen LogP contribution in [0, 0.1) is 0 Å². The average molecular weight is 236 g/mol. The van der Waals surface area contributed by atoms with E-state index in [4.69, 9.17) is 4.74 Å². The number of nitrogens with zero attached hydrogens (tertiary/aromatic N) is 1. The molecule has 0 bridgehead atoms. The van der Waals surface area contributed by atoms with E-state index in [1.165, 1.54) is 0 Å². The third-order valence-electron chi connectivity index (χ3n) is 2.64. The lowest BCUT2D eigenvalue weighted by molar-refractivity contribution is -0.145. The molecule has 0 aromatic carbocycles. The van der Waals surface area contributed by atoms with E-state index < -0.39 is 0 Å². The summed E-state index contributed by atoms with van der Waals surface area (Å²) in [5, 5.41) is 3.27. The summed E-state index contributed by atoms with van der Waals surface area (Å²) in [6.45, 7) is 6.22. The first kappa shape index (κ1) is 13.6. The number of rotatable bonds is 6. The van der Waals surface area contributed by atoms with Gasteiger partial charge in [-0.05, 0) is 38.0 Å². The largest absolute Gasteiger partial charge is 0.465 e. The maximum absolute atomic E-state index is 11.6. The van der Waals surface area contributed by atoms with Gasteiger partial charge in [-0.15, -0.1) is 0 Å². The zero-order valence-corrected chi connectivity index (χ0v) is 10.6. The van der Waals surface area contributed by atoms with Gasteiger partial charge in [0.2, 0.25) is 0 Å². The van der Waals surface area contributed by atoms with Crippen LogP contribution >= 0.6 is 0 Å². The molecule has 4 nitrogen and oxygen atoms in total. The number of carbonyl (C=O) groups is 1. The molecule has 0 spiro atoms. The molecule has 0 saturated heterocycles. The van der Waals surface area contributed by atoms with Gasteiger partial charge < -0.3 is 4.74 Å². The first-order chi connectivity index (χ1) is 8.19. The fraction of sp³-hybridized carbons (Fsp3) is 0.538. The van der Waals surface area contributed by atoms with Crippen LogP contribution in [0.5, 0.6) is 0 Å². The van der Waals surface area contributed by atoms with Crippen LogP contribution in [-0.2, 0) is 9.53 Å². The molecule has 0 fully saturated rings. The smallest absolute Gasteiger partial charge is 0.323 e. The Balaban J connectivity index is 2.59. The van der Waals surface area contributed by atoms with Crippen LogP contribution < -0.4 is 5.32 Å². The maximum atomic E-state index is 11.6. The Morgan fingerprint density at radius 1 is 1.41 bits per heavy atom. The normalized spacial score (nSPS) is 14.1. The molecule has 17 heavy (non-hydrogen) atoms. The van der Waals surface area contributed by atoms with Crippen molar-refractivity contribution in [3.8, 4) is 0 Å². The van der Waals surface area contributed by atoms with E-state index in [1.54, 1.807) is 12.4 Å². The van der Waals surface area contributed by atoms with Gasteiger partial charge in [-0.1, -0.05) is 6.92 Å². The fourth-order valence-corrected chi connectivity index (χ4v) is 1.65.